The summed E-state index contributed by atoms with van der Waals surface area (Å²) in [6.07, 6.45) is 4.67. The Morgan fingerprint density at radius 1 is 1.38 bits per heavy atom. The van der Waals surface area contributed by atoms with E-state index in [2.05, 4.69) is 20.3 Å². The highest BCUT2D eigenvalue weighted by Gasteiger charge is 2.16. The van der Waals surface area contributed by atoms with Crippen molar-refractivity contribution in [1.82, 2.24) is 19.9 Å². The van der Waals surface area contributed by atoms with Crippen molar-refractivity contribution in [3.05, 3.63) is 47.6 Å². The summed E-state index contributed by atoms with van der Waals surface area (Å²) in [4.78, 5) is 26.0. The van der Waals surface area contributed by atoms with Crippen LogP contribution in [0.3, 0.4) is 0 Å². The molecule has 0 spiro atoms. The van der Waals surface area contributed by atoms with E-state index in [4.69, 9.17) is 11.6 Å². The standard InChI is InChI=1S/C14H16ClN5O/c1-10(12-5-6-16-9-18-12)20(2)8-14(21)19-13-4-3-11(15)7-17-13/h3-7,9-10H,8H2,1-2H3,(H,17,19,21)/t10-/m0/s1. The molecule has 2 aromatic heterocycles. The average molecular weight is 306 g/mol. The molecule has 0 radical (unpaired) electrons. The van der Waals surface area contributed by atoms with Crippen LogP contribution in [0.4, 0.5) is 5.82 Å². The number of carbonyl (C=O) groups excluding carboxylic acids is 1. The third-order valence-electron chi connectivity index (χ3n) is 3.08. The summed E-state index contributed by atoms with van der Waals surface area (Å²) in [5, 5.41) is 3.25. The molecule has 0 unspecified atom stereocenters. The van der Waals surface area contributed by atoms with Crippen molar-refractivity contribution in [3.63, 3.8) is 0 Å². The van der Waals surface area contributed by atoms with Crippen molar-refractivity contribution in [3.8, 4) is 0 Å². The maximum atomic E-state index is 12.0. The van der Waals surface area contributed by atoms with Crippen molar-refractivity contribution in [2.45, 2.75) is 13.0 Å². The summed E-state index contributed by atoms with van der Waals surface area (Å²) in [6, 6.07) is 5.18. The van der Waals surface area contributed by atoms with Gasteiger partial charge in [0.05, 0.1) is 17.3 Å². The Morgan fingerprint density at radius 3 is 2.81 bits per heavy atom. The molecule has 0 fully saturated rings. The first-order valence-corrected chi connectivity index (χ1v) is 6.81. The number of hydrogen-bond acceptors (Lipinski definition) is 5. The van der Waals surface area contributed by atoms with Crippen molar-refractivity contribution in [2.75, 3.05) is 18.9 Å². The first-order valence-electron chi connectivity index (χ1n) is 6.44. The number of amides is 1. The predicted molar refractivity (Wildman–Crippen MR) is 81.0 cm³/mol. The number of likely N-dealkylation sites (N-methyl/N-ethyl adjacent to an activating group) is 1. The lowest BCUT2D eigenvalue weighted by Gasteiger charge is -2.23. The molecule has 0 aliphatic rings. The van der Waals surface area contributed by atoms with Gasteiger partial charge >= 0.3 is 0 Å². The highest BCUT2D eigenvalue weighted by molar-refractivity contribution is 6.30. The van der Waals surface area contributed by atoms with Crippen LogP contribution in [-0.2, 0) is 4.79 Å². The van der Waals surface area contributed by atoms with Gasteiger partial charge in [-0.3, -0.25) is 9.69 Å². The number of aromatic nitrogens is 3. The molecule has 6 nitrogen and oxygen atoms in total. The first kappa shape index (κ1) is 15.3. The van der Waals surface area contributed by atoms with Gasteiger partial charge in [0.1, 0.15) is 12.1 Å². The lowest BCUT2D eigenvalue weighted by atomic mass is 10.2. The van der Waals surface area contributed by atoms with Crippen LogP contribution in [0.5, 0.6) is 0 Å². The highest BCUT2D eigenvalue weighted by Crippen LogP contribution is 2.15. The van der Waals surface area contributed by atoms with E-state index in [0.717, 1.165) is 5.69 Å². The van der Waals surface area contributed by atoms with Crippen LogP contribution < -0.4 is 5.32 Å². The van der Waals surface area contributed by atoms with Crippen molar-refractivity contribution < 1.29 is 4.79 Å². The molecular formula is C14H16ClN5O. The molecular weight excluding hydrogens is 290 g/mol. The van der Waals surface area contributed by atoms with Gasteiger partial charge in [-0.15, -0.1) is 0 Å². The molecule has 7 heteroatoms. The summed E-state index contributed by atoms with van der Waals surface area (Å²) in [5.41, 5.74) is 0.866. The maximum Gasteiger partial charge on any atom is 0.239 e. The minimum Gasteiger partial charge on any atom is -0.310 e. The number of nitrogens with one attached hydrogen (secondary N) is 1. The zero-order chi connectivity index (χ0) is 15.2. The lowest BCUT2D eigenvalue weighted by molar-refractivity contribution is -0.117. The van der Waals surface area contributed by atoms with E-state index in [-0.39, 0.29) is 18.5 Å². The van der Waals surface area contributed by atoms with E-state index in [9.17, 15) is 4.79 Å². The second-order valence-corrected chi connectivity index (χ2v) is 5.07. The van der Waals surface area contributed by atoms with Gasteiger partial charge in [0.2, 0.25) is 5.91 Å². The van der Waals surface area contributed by atoms with Gasteiger partial charge in [0.15, 0.2) is 0 Å². The number of pyridine rings is 1. The molecule has 1 N–H and O–H groups in total. The van der Waals surface area contributed by atoms with Gasteiger partial charge in [-0.05, 0) is 32.2 Å². The number of halogens is 1. The molecule has 2 rings (SSSR count). The van der Waals surface area contributed by atoms with Gasteiger partial charge < -0.3 is 5.32 Å². The number of rotatable bonds is 5. The van der Waals surface area contributed by atoms with Gasteiger partial charge in [0.25, 0.3) is 0 Å². The molecule has 0 saturated carbocycles. The minimum absolute atomic E-state index is 0.0110. The smallest absolute Gasteiger partial charge is 0.239 e. The van der Waals surface area contributed by atoms with Crippen LogP contribution in [-0.4, -0.2) is 39.4 Å². The Bertz CT molecular complexity index is 590. The molecule has 21 heavy (non-hydrogen) atoms. The maximum absolute atomic E-state index is 12.0. The topological polar surface area (TPSA) is 71.0 Å². The number of nitrogens with zero attached hydrogens (tertiary/aromatic N) is 4. The molecule has 0 bridgehead atoms. The third-order valence-corrected chi connectivity index (χ3v) is 3.31. The Balaban J connectivity index is 1.91. The first-order chi connectivity index (χ1) is 10.1. The molecule has 0 aliphatic heterocycles. The largest absolute Gasteiger partial charge is 0.310 e. The van der Waals surface area contributed by atoms with Gasteiger partial charge in [-0.1, -0.05) is 11.6 Å². The monoisotopic (exact) mass is 305 g/mol. The summed E-state index contributed by atoms with van der Waals surface area (Å²) in [5.74, 6) is 0.334. The van der Waals surface area contributed by atoms with Crippen molar-refractivity contribution in [1.29, 1.82) is 0 Å². The summed E-state index contributed by atoms with van der Waals surface area (Å²) in [7, 11) is 1.86. The quantitative estimate of drug-likeness (QED) is 0.916. The summed E-state index contributed by atoms with van der Waals surface area (Å²) >= 11 is 5.75. The van der Waals surface area contributed by atoms with Crippen LogP contribution in [0.2, 0.25) is 5.02 Å². The van der Waals surface area contributed by atoms with Gasteiger partial charge in [0, 0.05) is 18.4 Å². The number of anilines is 1. The van der Waals surface area contributed by atoms with E-state index in [0.29, 0.717) is 10.8 Å². The van der Waals surface area contributed by atoms with E-state index in [1.165, 1.54) is 12.5 Å². The molecule has 2 heterocycles. The number of carbonyl (C=O) groups is 1. The zero-order valence-corrected chi connectivity index (χ0v) is 12.6. The zero-order valence-electron chi connectivity index (χ0n) is 11.8. The van der Waals surface area contributed by atoms with E-state index in [1.54, 1.807) is 18.3 Å². The fourth-order valence-electron chi connectivity index (χ4n) is 1.77. The van der Waals surface area contributed by atoms with Gasteiger partial charge in [-0.2, -0.15) is 0 Å². The van der Waals surface area contributed by atoms with Crippen LogP contribution in [0.1, 0.15) is 18.7 Å². The minimum atomic E-state index is -0.145. The molecule has 1 atom stereocenters. The Kier molecular flexibility index (Phi) is 5.19. The van der Waals surface area contributed by atoms with Crippen LogP contribution >= 0.6 is 11.6 Å². The fourth-order valence-corrected chi connectivity index (χ4v) is 1.88. The van der Waals surface area contributed by atoms with Crippen molar-refractivity contribution in [2.24, 2.45) is 0 Å². The molecule has 0 saturated heterocycles. The van der Waals surface area contributed by atoms with E-state index in [1.807, 2.05) is 24.9 Å². The predicted octanol–water partition coefficient (Wildman–Crippen LogP) is 2.16. The molecule has 0 aliphatic carbocycles. The van der Waals surface area contributed by atoms with E-state index >= 15 is 0 Å². The SMILES string of the molecule is C[C@@H](c1ccncn1)N(C)CC(=O)Nc1ccc(Cl)cn1. The average Bonchev–Trinajstić information content (AvgIpc) is 2.49. The van der Waals surface area contributed by atoms with Crippen LogP contribution in [0, 0.1) is 0 Å². The Labute approximate surface area is 128 Å². The summed E-state index contributed by atoms with van der Waals surface area (Å²) < 4.78 is 0. The fraction of sp³-hybridized carbons (Fsp3) is 0.286. The third kappa shape index (κ3) is 4.47. The van der Waals surface area contributed by atoms with Crippen LogP contribution in [0.25, 0.3) is 0 Å². The molecule has 110 valence electrons. The number of hydrogen-bond donors (Lipinski definition) is 1. The van der Waals surface area contributed by atoms with Gasteiger partial charge in [-0.25, -0.2) is 15.0 Å². The molecule has 2 aromatic rings. The van der Waals surface area contributed by atoms with Crippen molar-refractivity contribution >= 4 is 23.3 Å². The second-order valence-electron chi connectivity index (χ2n) is 4.64. The highest BCUT2D eigenvalue weighted by atomic mass is 35.5. The normalized spacial score (nSPS) is 12.2. The Hall–Kier alpha value is -2.05. The second kappa shape index (κ2) is 7.10. The lowest BCUT2D eigenvalue weighted by Crippen LogP contribution is -2.32. The molecule has 0 aromatic carbocycles. The molecule has 1 amide bonds. The Morgan fingerprint density at radius 2 is 2.19 bits per heavy atom. The van der Waals surface area contributed by atoms with E-state index < -0.39 is 0 Å². The van der Waals surface area contributed by atoms with Crippen LogP contribution in [0.15, 0.2) is 36.9 Å². The summed E-state index contributed by atoms with van der Waals surface area (Å²) in [6.45, 7) is 2.21.